The average Bonchev–Trinajstić information content (AvgIpc) is 3.41. The first kappa shape index (κ1) is 19.6. The Morgan fingerprint density at radius 2 is 1.90 bits per heavy atom. The highest BCUT2D eigenvalue weighted by molar-refractivity contribution is 7.89. The highest BCUT2D eigenvalue weighted by atomic mass is 32.2. The molecule has 4 rings (SSSR count). The molecule has 1 saturated heterocycles. The van der Waals surface area contributed by atoms with E-state index in [1.807, 2.05) is 24.3 Å². The molecule has 0 spiro atoms. The number of carbonyl (C=O) groups excluding carboxylic acids is 1. The van der Waals surface area contributed by atoms with E-state index in [0.29, 0.717) is 25.2 Å². The molecule has 1 fully saturated rings. The minimum absolute atomic E-state index is 0.175. The molecule has 8 heteroatoms. The summed E-state index contributed by atoms with van der Waals surface area (Å²) in [5.74, 6) is 0.618. The van der Waals surface area contributed by atoms with Crippen LogP contribution in [0.1, 0.15) is 35.4 Å². The molecule has 1 aliphatic heterocycles. The highest BCUT2D eigenvalue weighted by Gasteiger charge is 2.27. The number of imidazole rings is 1. The second kappa shape index (κ2) is 8.34. The molecule has 2 heterocycles. The SMILES string of the molecule is O=C(NCCCc1nc2ccccc2[nH]1)c1cccc(S(=O)(=O)N2CCCC2)c1. The van der Waals surface area contributed by atoms with Crippen molar-refractivity contribution in [1.29, 1.82) is 0 Å². The molecule has 3 aromatic rings. The van der Waals surface area contributed by atoms with Gasteiger partial charge in [0.2, 0.25) is 10.0 Å². The summed E-state index contributed by atoms with van der Waals surface area (Å²) in [6, 6.07) is 14.1. The number of nitrogens with zero attached hydrogens (tertiary/aromatic N) is 2. The molecule has 1 aliphatic rings. The van der Waals surface area contributed by atoms with Gasteiger partial charge < -0.3 is 10.3 Å². The lowest BCUT2D eigenvalue weighted by Crippen LogP contribution is -2.29. The Bertz CT molecular complexity index is 1080. The molecule has 0 atom stereocenters. The molecule has 1 aromatic heterocycles. The van der Waals surface area contributed by atoms with E-state index in [1.165, 1.54) is 10.4 Å². The number of carbonyl (C=O) groups is 1. The number of hydrogen-bond acceptors (Lipinski definition) is 4. The first-order chi connectivity index (χ1) is 14.0. The van der Waals surface area contributed by atoms with E-state index in [2.05, 4.69) is 15.3 Å². The van der Waals surface area contributed by atoms with Crippen LogP contribution in [-0.2, 0) is 16.4 Å². The zero-order valence-corrected chi connectivity index (χ0v) is 16.9. The van der Waals surface area contributed by atoms with E-state index in [-0.39, 0.29) is 10.8 Å². The number of benzene rings is 2. The number of amides is 1. The summed E-state index contributed by atoms with van der Waals surface area (Å²) >= 11 is 0. The number of aromatic nitrogens is 2. The number of fused-ring (bicyclic) bond motifs is 1. The van der Waals surface area contributed by atoms with Crippen LogP contribution in [0.4, 0.5) is 0 Å². The summed E-state index contributed by atoms with van der Waals surface area (Å²) in [7, 11) is -3.53. The van der Waals surface area contributed by atoms with Crippen LogP contribution in [0.5, 0.6) is 0 Å². The van der Waals surface area contributed by atoms with Crippen LogP contribution >= 0.6 is 0 Å². The maximum Gasteiger partial charge on any atom is 0.251 e. The summed E-state index contributed by atoms with van der Waals surface area (Å²) in [5.41, 5.74) is 2.29. The van der Waals surface area contributed by atoms with Crippen LogP contribution < -0.4 is 5.32 Å². The van der Waals surface area contributed by atoms with E-state index in [4.69, 9.17) is 0 Å². The normalized spacial score (nSPS) is 15.0. The Kier molecular flexibility index (Phi) is 5.64. The van der Waals surface area contributed by atoms with Gasteiger partial charge in [-0.25, -0.2) is 13.4 Å². The molecule has 0 bridgehead atoms. The zero-order chi connectivity index (χ0) is 20.3. The number of hydrogen-bond donors (Lipinski definition) is 2. The summed E-state index contributed by atoms with van der Waals surface area (Å²) in [6.07, 6.45) is 3.21. The number of rotatable bonds is 7. The largest absolute Gasteiger partial charge is 0.352 e. The number of para-hydroxylation sites is 2. The molecule has 152 valence electrons. The predicted octanol–water partition coefficient (Wildman–Crippen LogP) is 2.71. The van der Waals surface area contributed by atoms with E-state index < -0.39 is 10.0 Å². The van der Waals surface area contributed by atoms with Crippen molar-refractivity contribution in [3.05, 3.63) is 59.9 Å². The number of aryl methyl sites for hydroxylation is 1. The van der Waals surface area contributed by atoms with Gasteiger partial charge in [0.25, 0.3) is 5.91 Å². The predicted molar refractivity (Wildman–Crippen MR) is 111 cm³/mol. The smallest absolute Gasteiger partial charge is 0.251 e. The molecule has 1 amide bonds. The summed E-state index contributed by atoms with van der Waals surface area (Å²) < 4.78 is 26.9. The summed E-state index contributed by atoms with van der Waals surface area (Å²) in [5, 5.41) is 2.86. The first-order valence-electron chi connectivity index (χ1n) is 9.86. The Hall–Kier alpha value is -2.71. The first-order valence-corrected chi connectivity index (χ1v) is 11.3. The van der Waals surface area contributed by atoms with Crippen LogP contribution in [0.15, 0.2) is 53.4 Å². The van der Waals surface area contributed by atoms with Crippen molar-refractivity contribution in [2.75, 3.05) is 19.6 Å². The molecule has 0 aliphatic carbocycles. The fraction of sp³-hybridized carbons (Fsp3) is 0.333. The number of H-pyrrole nitrogens is 1. The lowest BCUT2D eigenvalue weighted by molar-refractivity contribution is 0.0953. The second-order valence-corrected chi connectivity index (χ2v) is 9.14. The summed E-state index contributed by atoms with van der Waals surface area (Å²) in [6.45, 7) is 1.57. The maximum absolute atomic E-state index is 12.7. The number of aromatic amines is 1. The lowest BCUT2D eigenvalue weighted by Gasteiger charge is -2.16. The molecular formula is C21H24N4O3S. The standard InChI is InChI=1S/C21H24N4O3S/c26-21(22-12-6-11-20-23-18-9-1-2-10-19(18)24-20)16-7-5-8-17(15-16)29(27,28)25-13-3-4-14-25/h1-2,5,7-10,15H,3-4,6,11-14H2,(H,22,26)(H,23,24). The molecule has 7 nitrogen and oxygen atoms in total. The van der Waals surface area contributed by atoms with Crippen LogP contribution in [0.2, 0.25) is 0 Å². The molecule has 2 aromatic carbocycles. The van der Waals surface area contributed by atoms with E-state index in [9.17, 15) is 13.2 Å². The Morgan fingerprint density at radius 3 is 2.69 bits per heavy atom. The van der Waals surface area contributed by atoms with Gasteiger partial charge >= 0.3 is 0 Å². The van der Waals surface area contributed by atoms with Gasteiger partial charge in [-0.2, -0.15) is 4.31 Å². The van der Waals surface area contributed by atoms with E-state index in [0.717, 1.165) is 42.5 Å². The fourth-order valence-electron chi connectivity index (χ4n) is 3.56. The molecule has 0 unspecified atom stereocenters. The van der Waals surface area contributed by atoms with E-state index in [1.54, 1.807) is 18.2 Å². The molecule has 0 radical (unpaired) electrons. The van der Waals surface area contributed by atoms with Crippen LogP contribution in [0.3, 0.4) is 0 Å². The van der Waals surface area contributed by atoms with Gasteiger partial charge in [-0.15, -0.1) is 0 Å². The van der Waals surface area contributed by atoms with Crippen LogP contribution in [0, 0.1) is 0 Å². The summed E-state index contributed by atoms with van der Waals surface area (Å²) in [4.78, 5) is 20.4. The Labute approximate surface area is 170 Å². The van der Waals surface area contributed by atoms with Crippen molar-refractivity contribution in [2.24, 2.45) is 0 Å². The monoisotopic (exact) mass is 412 g/mol. The van der Waals surface area contributed by atoms with Gasteiger partial charge in [-0.3, -0.25) is 4.79 Å². The van der Waals surface area contributed by atoms with Crippen molar-refractivity contribution in [3.63, 3.8) is 0 Å². The van der Waals surface area contributed by atoms with Crippen molar-refractivity contribution < 1.29 is 13.2 Å². The Morgan fingerprint density at radius 1 is 1.10 bits per heavy atom. The van der Waals surface area contributed by atoms with Gasteiger partial charge in [-0.05, 0) is 49.6 Å². The maximum atomic E-state index is 12.7. The van der Waals surface area contributed by atoms with Crippen molar-refractivity contribution in [2.45, 2.75) is 30.6 Å². The topological polar surface area (TPSA) is 95.2 Å². The van der Waals surface area contributed by atoms with Gasteiger partial charge in [0.05, 0.1) is 15.9 Å². The minimum atomic E-state index is -3.53. The molecule has 29 heavy (non-hydrogen) atoms. The third-order valence-corrected chi connectivity index (χ3v) is 7.01. The molecular weight excluding hydrogens is 388 g/mol. The minimum Gasteiger partial charge on any atom is -0.352 e. The van der Waals surface area contributed by atoms with Crippen LogP contribution in [-0.4, -0.2) is 48.2 Å². The molecule has 0 saturated carbocycles. The zero-order valence-electron chi connectivity index (χ0n) is 16.1. The van der Waals surface area contributed by atoms with Gasteiger partial charge in [-0.1, -0.05) is 18.2 Å². The van der Waals surface area contributed by atoms with E-state index >= 15 is 0 Å². The van der Waals surface area contributed by atoms with Gasteiger partial charge in [0.15, 0.2) is 0 Å². The van der Waals surface area contributed by atoms with Crippen LogP contribution in [0.25, 0.3) is 11.0 Å². The van der Waals surface area contributed by atoms with Gasteiger partial charge in [0, 0.05) is 31.6 Å². The number of sulfonamides is 1. The third-order valence-electron chi connectivity index (χ3n) is 5.11. The Balaban J connectivity index is 1.33. The second-order valence-electron chi connectivity index (χ2n) is 7.20. The highest BCUT2D eigenvalue weighted by Crippen LogP contribution is 2.21. The number of nitrogens with one attached hydrogen (secondary N) is 2. The van der Waals surface area contributed by atoms with Crippen molar-refractivity contribution in [3.8, 4) is 0 Å². The molecule has 2 N–H and O–H groups in total. The lowest BCUT2D eigenvalue weighted by atomic mass is 10.2. The quantitative estimate of drug-likeness (QED) is 0.583. The van der Waals surface area contributed by atoms with Gasteiger partial charge in [0.1, 0.15) is 5.82 Å². The van der Waals surface area contributed by atoms with Crippen molar-refractivity contribution in [1.82, 2.24) is 19.6 Å². The average molecular weight is 413 g/mol. The van der Waals surface area contributed by atoms with Crippen molar-refractivity contribution >= 4 is 27.0 Å². The fourth-order valence-corrected chi connectivity index (χ4v) is 5.12. The third kappa shape index (κ3) is 4.33.